The Morgan fingerprint density at radius 2 is 1.95 bits per heavy atom. The van der Waals surface area contributed by atoms with Crippen LogP contribution in [-0.4, -0.2) is 70.3 Å². The topological polar surface area (TPSA) is 52.7 Å². The van der Waals surface area contributed by atoms with Gasteiger partial charge in [-0.15, -0.1) is 0 Å². The summed E-state index contributed by atoms with van der Waals surface area (Å²) in [7, 11) is 3.33. The normalized spacial score (nSPS) is 31.1. The van der Waals surface area contributed by atoms with Gasteiger partial charge in [0.15, 0.2) is 0 Å². The van der Waals surface area contributed by atoms with Crippen LogP contribution >= 0.6 is 0 Å². The van der Waals surface area contributed by atoms with Crippen molar-refractivity contribution in [1.82, 2.24) is 15.1 Å². The van der Waals surface area contributed by atoms with Gasteiger partial charge in [-0.1, -0.05) is 19.8 Å². The lowest BCUT2D eigenvalue weighted by molar-refractivity contribution is 0.136. The van der Waals surface area contributed by atoms with Gasteiger partial charge in [-0.2, -0.15) is 0 Å². The first kappa shape index (κ1) is 17.7. The fourth-order valence-electron chi connectivity index (χ4n) is 3.60. The summed E-state index contributed by atoms with van der Waals surface area (Å²) in [5.41, 5.74) is 0. The number of hydrogen-bond donors (Lipinski definition) is 1. The molecule has 2 fully saturated rings. The molecule has 0 radical (unpaired) electrons. The molecule has 1 N–H and O–H groups in total. The molecule has 2 rings (SSSR count). The summed E-state index contributed by atoms with van der Waals surface area (Å²) in [6.07, 6.45) is 6.42. The minimum Gasteiger partial charge on any atom is -0.334 e. The molecule has 1 saturated heterocycles. The number of nitrogens with zero attached hydrogens (tertiary/aromatic N) is 2. The van der Waals surface area contributed by atoms with Gasteiger partial charge in [0.2, 0.25) is 0 Å². The van der Waals surface area contributed by atoms with E-state index in [-0.39, 0.29) is 17.3 Å². The predicted octanol–water partition coefficient (Wildman–Crippen LogP) is 1.80. The molecule has 1 heterocycles. The van der Waals surface area contributed by atoms with E-state index in [2.05, 4.69) is 24.3 Å². The Bertz CT molecular complexity index is 403. The van der Waals surface area contributed by atoms with Crippen LogP contribution in [0.5, 0.6) is 0 Å². The summed E-state index contributed by atoms with van der Waals surface area (Å²) in [6, 6.07) is 0.574. The van der Waals surface area contributed by atoms with Gasteiger partial charge in [-0.05, 0) is 39.8 Å². The van der Waals surface area contributed by atoms with Crippen molar-refractivity contribution in [2.24, 2.45) is 0 Å². The molecule has 0 unspecified atom stereocenters. The Morgan fingerprint density at radius 3 is 2.64 bits per heavy atom. The minimum atomic E-state index is -0.821. The summed E-state index contributed by atoms with van der Waals surface area (Å²) < 4.78 is 12.2. The average molecular weight is 330 g/mol. The summed E-state index contributed by atoms with van der Waals surface area (Å²) in [6.45, 7) is 3.60. The van der Waals surface area contributed by atoms with Crippen molar-refractivity contribution < 1.29 is 9.00 Å². The Hall–Kier alpha value is -0.620. The lowest BCUT2D eigenvalue weighted by Gasteiger charge is -2.38. The van der Waals surface area contributed by atoms with Crippen LogP contribution in [0.4, 0.5) is 4.79 Å². The number of likely N-dealkylation sites (tertiary alicyclic amines) is 1. The Morgan fingerprint density at radius 1 is 1.23 bits per heavy atom. The molecule has 6 heteroatoms. The number of rotatable bonds is 4. The zero-order valence-corrected chi connectivity index (χ0v) is 15.0. The van der Waals surface area contributed by atoms with Crippen LogP contribution in [0.25, 0.3) is 0 Å². The fraction of sp³-hybridized carbons (Fsp3) is 0.938. The van der Waals surface area contributed by atoms with Gasteiger partial charge >= 0.3 is 6.03 Å². The molecule has 0 aromatic heterocycles. The number of piperidine rings is 1. The van der Waals surface area contributed by atoms with Crippen LogP contribution in [-0.2, 0) is 10.8 Å². The second kappa shape index (κ2) is 8.29. The van der Waals surface area contributed by atoms with Crippen molar-refractivity contribution in [1.29, 1.82) is 0 Å². The fourth-order valence-corrected chi connectivity index (χ4v) is 5.03. The molecule has 1 aliphatic carbocycles. The third-order valence-corrected chi connectivity index (χ3v) is 6.86. The first-order valence-corrected chi connectivity index (χ1v) is 10.00. The molecule has 2 aliphatic rings. The van der Waals surface area contributed by atoms with Crippen LogP contribution in [0.15, 0.2) is 0 Å². The first-order valence-electron chi connectivity index (χ1n) is 8.62. The highest BCUT2D eigenvalue weighted by molar-refractivity contribution is 7.85. The highest BCUT2D eigenvalue weighted by Gasteiger charge is 2.32. The smallest absolute Gasteiger partial charge is 0.317 e. The van der Waals surface area contributed by atoms with E-state index in [4.69, 9.17) is 0 Å². The number of nitrogens with one attached hydrogen (secondary N) is 1. The summed E-state index contributed by atoms with van der Waals surface area (Å²) in [5.74, 6) is 0.684. The van der Waals surface area contributed by atoms with Crippen molar-refractivity contribution in [3.05, 3.63) is 0 Å². The molecule has 128 valence electrons. The summed E-state index contributed by atoms with van der Waals surface area (Å²) >= 11 is 0. The van der Waals surface area contributed by atoms with Crippen molar-refractivity contribution in [2.75, 3.05) is 32.9 Å². The molecule has 0 bridgehead atoms. The molecule has 1 aliphatic heterocycles. The highest BCUT2D eigenvalue weighted by Crippen LogP contribution is 2.24. The largest absolute Gasteiger partial charge is 0.334 e. The monoisotopic (exact) mass is 329 g/mol. The van der Waals surface area contributed by atoms with Gasteiger partial charge in [-0.25, -0.2) is 4.79 Å². The summed E-state index contributed by atoms with van der Waals surface area (Å²) in [4.78, 5) is 16.7. The second-order valence-corrected chi connectivity index (χ2v) is 8.70. The molecule has 1 saturated carbocycles. The quantitative estimate of drug-likeness (QED) is 0.856. The van der Waals surface area contributed by atoms with Gasteiger partial charge < -0.3 is 15.1 Å². The van der Waals surface area contributed by atoms with Gasteiger partial charge in [0.05, 0.1) is 5.25 Å². The van der Waals surface area contributed by atoms with Crippen LogP contribution in [0.2, 0.25) is 0 Å². The molecule has 22 heavy (non-hydrogen) atoms. The van der Waals surface area contributed by atoms with E-state index >= 15 is 0 Å². The van der Waals surface area contributed by atoms with E-state index in [0.29, 0.717) is 11.8 Å². The first-order chi connectivity index (χ1) is 10.5. The Balaban J connectivity index is 1.93. The number of urea groups is 1. The van der Waals surface area contributed by atoms with E-state index in [1.807, 2.05) is 11.8 Å². The van der Waals surface area contributed by atoms with E-state index in [9.17, 15) is 9.00 Å². The zero-order chi connectivity index (χ0) is 16.1. The molecular weight excluding hydrogens is 298 g/mol. The van der Waals surface area contributed by atoms with Crippen LogP contribution < -0.4 is 5.32 Å². The third kappa shape index (κ3) is 4.44. The number of amides is 2. The zero-order valence-electron chi connectivity index (χ0n) is 14.2. The SMILES string of the molecule is CC[S@@](=O)[C@@H]1CCCC[C@@H]1NC(=O)N1CCC[C@H](N(C)C)C1. The molecule has 4 atom stereocenters. The number of carbonyl (C=O) groups is 1. The second-order valence-electron chi connectivity index (χ2n) is 6.75. The lowest BCUT2D eigenvalue weighted by atomic mass is 9.95. The van der Waals surface area contributed by atoms with E-state index < -0.39 is 10.8 Å². The number of likely N-dealkylation sites (N-methyl/N-ethyl adjacent to an activating group) is 1. The van der Waals surface area contributed by atoms with Crippen molar-refractivity contribution in [3.63, 3.8) is 0 Å². The maximum Gasteiger partial charge on any atom is 0.317 e. The molecule has 0 aromatic carbocycles. The Labute approximate surface area is 137 Å². The van der Waals surface area contributed by atoms with Gasteiger partial charge in [-0.3, -0.25) is 4.21 Å². The van der Waals surface area contributed by atoms with Gasteiger partial charge in [0.25, 0.3) is 0 Å². The maximum atomic E-state index is 12.6. The predicted molar refractivity (Wildman–Crippen MR) is 91.5 cm³/mol. The minimum absolute atomic E-state index is 0.0385. The van der Waals surface area contributed by atoms with Crippen molar-refractivity contribution >= 4 is 16.8 Å². The lowest BCUT2D eigenvalue weighted by Crippen LogP contribution is -2.55. The maximum absolute atomic E-state index is 12.6. The van der Waals surface area contributed by atoms with E-state index in [1.54, 1.807) is 0 Å². The van der Waals surface area contributed by atoms with E-state index in [0.717, 1.165) is 51.6 Å². The van der Waals surface area contributed by atoms with Crippen molar-refractivity contribution in [2.45, 2.75) is 62.8 Å². The van der Waals surface area contributed by atoms with Gasteiger partial charge in [0.1, 0.15) is 0 Å². The molecule has 0 aromatic rings. The van der Waals surface area contributed by atoms with Gasteiger partial charge in [0, 0.05) is 41.7 Å². The number of carbonyl (C=O) groups excluding carboxylic acids is 1. The van der Waals surface area contributed by atoms with E-state index in [1.165, 1.54) is 0 Å². The third-order valence-electron chi connectivity index (χ3n) is 5.05. The number of hydrogen-bond acceptors (Lipinski definition) is 3. The molecule has 2 amide bonds. The van der Waals surface area contributed by atoms with Crippen LogP contribution in [0, 0.1) is 0 Å². The molecule has 5 nitrogen and oxygen atoms in total. The van der Waals surface area contributed by atoms with Crippen molar-refractivity contribution in [3.8, 4) is 0 Å². The van der Waals surface area contributed by atoms with Crippen LogP contribution in [0.3, 0.4) is 0 Å². The average Bonchev–Trinajstić information content (AvgIpc) is 2.54. The Kier molecular flexibility index (Phi) is 6.68. The molecular formula is C16H31N3O2S. The highest BCUT2D eigenvalue weighted by atomic mass is 32.2. The standard InChI is InChI=1S/C16H31N3O2S/c1-4-22(21)15-10-6-5-9-14(15)17-16(20)19-11-7-8-13(12-19)18(2)3/h13-15H,4-12H2,1-3H3,(H,17,20)/t13-,14-,15+,22+/m0/s1. The molecule has 0 spiro atoms. The summed E-state index contributed by atoms with van der Waals surface area (Å²) in [5, 5.41) is 3.33. The van der Waals surface area contributed by atoms with Crippen LogP contribution in [0.1, 0.15) is 45.4 Å².